The van der Waals surface area contributed by atoms with Crippen molar-refractivity contribution in [3.63, 3.8) is 0 Å². The van der Waals surface area contributed by atoms with Crippen molar-refractivity contribution in [2.24, 2.45) is 5.92 Å². The Morgan fingerprint density at radius 2 is 1.88 bits per heavy atom. The highest BCUT2D eigenvalue weighted by molar-refractivity contribution is 7.98. The Labute approximate surface area is 159 Å². The lowest BCUT2D eigenvalue weighted by molar-refractivity contribution is 0.0671. The first kappa shape index (κ1) is 17.7. The number of piperidine rings is 1. The van der Waals surface area contributed by atoms with Gasteiger partial charge in [0.25, 0.3) is 5.91 Å². The fourth-order valence-corrected chi connectivity index (χ4v) is 4.30. The summed E-state index contributed by atoms with van der Waals surface area (Å²) < 4.78 is 5.56. The molecule has 2 aliphatic rings. The summed E-state index contributed by atoms with van der Waals surface area (Å²) >= 11 is 1.73. The van der Waals surface area contributed by atoms with E-state index in [-0.39, 0.29) is 5.91 Å². The number of thioether (sulfide) groups is 1. The number of nitrogens with zero attached hydrogens (tertiary/aromatic N) is 1. The summed E-state index contributed by atoms with van der Waals surface area (Å²) in [4.78, 5) is 16.0. The van der Waals surface area contributed by atoms with Crippen molar-refractivity contribution in [3.8, 4) is 0 Å². The predicted octanol–water partition coefficient (Wildman–Crippen LogP) is 4.18. The van der Waals surface area contributed by atoms with Gasteiger partial charge in [0.05, 0.1) is 6.26 Å². The van der Waals surface area contributed by atoms with Gasteiger partial charge in [-0.1, -0.05) is 18.2 Å². The number of likely N-dealkylation sites (tertiary alicyclic amines) is 1. The molecule has 1 aromatic heterocycles. The Balaban J connectivity index is 1.30. The van der Waals surface area contributed by atoms with E-state index in [1.54, 1.807) is 18.0 Å². The fourth-order valence-electron chi connectivity index (χ4n) is 3.40. The van der Waals surface area contributed by atoms with Crippen LogP contribution in [-0.2, 0) is 5.75 Å². The first-order chi connectivity index (χ1) is 12.8. The summed E-state index contributed by atoms with van der Waals surface area (Å²) in [6.45, 7) is 2.78. The fraction of sp³-hybridized carbons (Fsp3) is 0.476. The number of furan rings is 1. The molecule has 1 aliphatic heterocycles. The van der Waals surface area contributed by atoms with Gasteiger partial charge < -0.3 is 14.6 Å². The molecule has 2 heterocycles. The highest BCUT2D eigenvalue weighted by Crippen LogP contribution is 2.28. The molecule has 1 aliphatic carbocycles. The maximum absolute atomic E-state index is 12.9. The third-order valence-corrected chi connectivity index (χ3v) is 6.31. The van der Waals surface area contributed by atoms with Crippen molar-refractivity contribution in [3.05, 3.63) is 54.0 Å². The molecule has 1 saturated carbocycles. The van der Waals surface area contributed by atoms with Gasteiger partial charge in [0.15, 0.2) is 5.76 Å². The van der Waals surface area contributed by atoms with Crippen LogP contribution in [0.3, 0.4) is 0 Å². The van der Waals surface area contributed by atoms with Crippen LogP contribution in [0.2, 0.25) is 0 Å². The number of carbonyl (C=O) groups is 1. The zero-order chi connectivity index (χ0) is 17.8. The van der Waals surface area contributed by atoms with Gasteiger partial charge in [0, 0.05) is 35.3 Å². The minimum absolute atomic E-state index is 0.0410. The van der Waals surface area contributed by atoms with Crippen LogP contribution < -0.4 is 5.32 Å². The second kappa shape index (κ2) is 8.31. The number of amides is 1. The molecule has 2 aromatic rings. The number of benzene rings is 1. The van der Waals surface area contributed by atoms with E-state index in [1.807, 2.05) is 29.2 Å². The zero-order valence-corrected chi connectivity index (χ0v) is 15.8. The van der Waals surface area contributed by atoms with E-state index in [0.717, 1.165) is 49.7 Å². The van der Waals surface area contributed by atoms with Gasteiger partial charge in [-0.25, -0.2) is 0 Å². The minimum atomic E-state index is 0.0410. The van der Waals surface area contributed by atoms with E-state index in [1.165, 1.54) is 17.7 Å². The maximum atomic E-state index is 12.9. The summed E-state index contributed by atoms with van der Waals surface area (Å²) in [7, 11) is 0. The Hall–Kier alpha value is -1.72. The molecule has 138 valence electrons. The largest absolute Gasteiger partial charge is 0.459 e. The average molecular weight is 371 g/mol. The van der Waals surface area contributed by atoms with Crippen molar-refractivity contribution in [1.29, 1.82) is 0 Å². The van der Waals surface area contributed by atoms with E-state index in [4.69, 9.17) is 4.42 Å². The number of hydrogen-bond donors (Lipinski definition) is 1. The lowest BCUT2D eigenvalue weighted by Crippen LogP contribution is -2.45. The van der Waals surface area contributed by atoms with Crippen molar-refractivity contribution in [1.82, 2.24) is 10.2 Å². The van der Waals surface area contributed by atoms with Crippen molar-refractivity contribution < 1.29 is 9.21 Å². The van der Waals surface area contributed by atoms with Crippen molar-refractivity contribution >= 4 is 17.7 Å². The van der Waals surface area contributed by atoms with Crippen LogP contribution in [-0.4, -0.2) is 36.5 Å². The van der Waals surface area contributed by atoms with Gasteiger partial charge in [0.1, 0.15) is 0 Å². The third kappa shape index (κ3) is 4.51. The standard InChI is InChI=1S/C21H26N2O2S/c24-21(23-11-8-18(9-12-23)22-14-16-6-7-16)20-17(10-13-25-20)15-26-19-4-2-1-3-5-19/h1-5,10,13,16,18,22H,6-9,11-12,14-15H2. The molecule has 0 bridgehead atoms. The van der Waals surface area contributed by atoms with Gasteiger partial charge in [-0.3, -0.25) is 4.79 Å². The number of nitrogens with one attached hydrogen (secondary N) is 1. The van der Waals surface area contributed by atoms with Gasteiger partial charge in [0.2, 0.25) is 0 Å². The van der Waals surface area contributed by atoms with Crippen LogP contribution >= 0.6 is 11.8 Å². The summed E-state index contributed by atoms with van der Waals surface area (Å²) in [6, 6.07) is 12.7. The molecule has 0 radical (unpaired) electrons. The summed E-state index contributed by atoms with van der Waals surface area (Å²) in [5, 5.41) is 3.66. The first-order valence-electron chi connectivity index (χ1n) is 9.56. The van der Waals surface area contributed by atoms with Crippen LogP contribution in [0.5, 0.6) is 0 Å². The van der Waals surface area contributed by atoms with E-state index in [2.05, 4.69) is 17.4 Å². The third-order valence-electron chi connectivity index (χ3n) is 5.25. The topological polar surface area (TPSA) is 45.5 Å². The van der Waals surface area contributed by atoms with E-state index in [0.29, 0.717) is 11.8 Å². The van der Waals surface area contributed by atoms with E-state index in [9.17, 15) is 4.79 Å². The second-order valence-electron chi connectivity index (χ2n) is 7.29. The first-order valence-corrected chi connectivity index (χ1v) is 10.5. The van der Waals surface area contributed by atoms with Crippen molar-refractivity contribution in [2.45, 2.75) is 42.4 Å². The summed E-state index contributed by atoms with van der Waals surface area (Å²) in [6.07, 6.45) is 6.47. The number of hydrogen-bond acceptors (Lipinski definition) is 4. The molecule has 1 amide bonds. The molecule has 0 atom stereocenters. The van der Waals surface area contributed by atoms with Crippen LogP contribution in [0.4, 0.5) is 0 Å². The van der Waals surface area contributed by atoms with Crippen molar-refractivity contribution in [2.75, 3.05) is 19.6 Å². The zero-order valence-electron chi connectivity index (χ0n) is 15.0. The van der Waals surface area contributed by atoms with Crippen LogP contribution in [0.25, 0.3) is 0 Å². The normalized spacial score (nSPS) is 18.2. The molecule has 5 heteroatoms. The lowest BCUT2D eigenvalue weighted by Gasteiger charge is -2.32. The molecule has 26 heavy (non-hydrogen) atoms. The predicted molar refractivity (Wildman–Crippen MR) is 104 cm³/mol. The molecule has 0 spiro atoms. The maximum Gasteiger partial charge on any atom is 0.289 e. The van der Waals surface area contributed by atoms with E-state index >= 15 is 0 Å². The summed E-state index contributed by atoms with van der Waals surface area (Å²) in [5.74, 6) is 2.21. The molecule has 4 rings (SSSR count). The molecule has 1 aromatic carbocycles. The molecular weight excluding hydrogens is 344 g/mol. The minimum Gasteiger partial charge on any atom is -0.459 e. The number of rotatable bonds is 7. The van der Waals surface area contributed by atoms with Gasteiger partial charge in [-0.15, -0.1) is 11.8 Å². The van der Waals surface area contributed by atoms with Crippen LogP contribution in [0.1, 0.15) is 41.8 Å². The SMILES string of the molecule is O=C(c1occc1CSc1ccccc1)N1CCC(NCC2CC2)CC1. The average Bonchev–Trinajstić information content (AvgIpc) is 3.41. The van der Waals surface area contributed by atoms with Gasteiger partial charge >= 0.3 is 0 Å². The Morgan fingerprint density at radius 1 is 1.12 bits per heavy atom. The highest BCUT2D eigenvalue weighted by atomic mass is 32.2. The number of carbonyl (C=O) groups excluding carboxylic acids is 1. The Bertz CT molecular complexity index is 719. The smallest absolute Gasteiger partial charge is 0.289 e. The quantitative estimate of drug-likeness (QED) is 0.743. The Morgan fingerprint density at radius 3 is 2.62 bits per heavy atom. The lowest BCUT2D eigenvalue weighted by atomic mass is 10.0. The molecular formula is C21H26N2O2S. The van der Waals surface area contributed by atoms with Gasteiger partial charge in [-0.05, 0) is 56.3 Å². The van der Waals surface area contributed by atoms with Gasteiger partial charge in [-0.2, -0.15) is 0 Å². The Kier molecular flexibility index (Phi) is 5.65. The molecule has 0 unspecified atom stereocenters. The monoisotopic (exact) mass is 370 g/mol. The van der Waals surface area contributed by atoms with Crippen LogP contribution in [0, 0.1) is 5.92 Å². The molecule has 4 nitrogen and oxygen atoms in total. The molecule has 2 fully saturated rings. The summed E-state index contributed by atoms with van der Waals surface area (Å²) in [5.41, 5.74) is 0.984. The van der Waals surface area contributed by atoms with E-state index < -0.39 is 0 Å². The second-order valence-corrected chi connectivity index (χ2v) is 8.34. The molecule has 1 N–H and O–H groups in total. The highest BCUT2D eigenvalue weighted by Gasteiger charge is 2.28. The van der Waals surface area contributed by atoms with Crippen LogP contribution in [0.15, 0.2) is 52.0 Å². The molecule has 1 saturated heterocycles.